The van der Waals surface area contributed by atoms with Crippen molar-refractivity contribution >= 4 is 28.8 Å². The number of nitrogens with zero attached hydrogens (tertiary/aromatic N) is 4. The first-order chi connectivity index (χ1) is 10.7. The van der Waals surface area contributed by atoms with Crippen molar-refractivity contribution in [2.45, 2.75) is 13.3 Å². The number of hydrogen-bond donors (Lipinski definition) is 0. The second-order valence-electron chi connectivity index (χ2n) is 5.15. The minimum atomic E-state index is 0.617. The van der Waals surface area contributed by atoms with Gasteiger partial charge >= 0.3 is 0 Å². The summed E-state index contributed by atoms with van der Waals surface area (Å²) < 4.78 is 7.11. The van der Waals surface area contributed by atoms with Gasteiger partial charge in [-0.1, -0.05) is 41.2 Å². The molecule has 1 fully saturated rings. The van der Waals surface area contributed by atoms with Crippen molar-refractivity contribution in [3.8, 4) is 5.69 Å². The molecule has 1 aliphatic rings. The van der Waals surface area contributed by atoms with Crippen LogP contribution in [0, 0.1) is 6.92 Å². The van der Waals surface area contributed by atoms with Crippen molar-refractivity contribution in [2.75, 3.05) is 26.3 Å². The molecule has 0 N–H and O–H groups in total. The number of thiocarbonyl (C=S) groups is 1. The Balaban J connectivity index is 1.79. The second-order valence-corrected chi connectivity index (χ2v) is 6.03. The zero-order chi connectivity index (χ0) is 15.5. The van der Waals surface area contributed by atoms with Crippen LogP contribution < -0.4 is 0 Å². The predicted octanol–water partition coefficient (Wildman–Crippen LogP) is 2.43. The lowest BCUT2D eigenvalue weighted by molar-refractivity contribution is 0.0684. The lowest BCUT2D eigenvalue weighted by Crippen LogP contribution is -2.40. The van der Waals surface area contributed by atoms with E-state index in [4.69, 9.17) is 28.6 Å². The van der Waals surface area contributed by atoms with Crippen LogP contribution in [0.3, 0.4) is 0 Å². The van der Waals surface area contributed by atoms with Crippen LogP contribution in [0.15, 0.2) is 24.3 Å². The summed E-state index contributed by atoms with van der Waals surface area (Å²) in [5.74, 6) is 0. The lowest BCUT2D eigenvalue weighted by atomic mass is 10.2. The summed E-state index contributed by atoms with van der Waals surface area (Å²) in [6.45, 7) is 5.13. The SMILES string of the molecule is Cc1c(CC(=S)N2CCOCC2)nnn1-c1ccccc1Cl. The van der Waals surface area contributed by atoms with Crippen molar-refractivity contribution in [1.82, 2.24) is 19.9 Å². The monoisotopic (exact) mass is 336 g/mol. The van der Waals surface area contributed by atoms with Gasteiger partial charge in [-0.15, -0.1) is 5.10 Å². The number of hydrogen-bond acceptors (Lipinski definition) is 4. The number of morpholine rings is 1. The van der Waals surface area contributed by atoms with Gasteiger partial charge in [-0.2, -0.15) is 0 Å². The molecule has 1 aromatic heterocycles. The van der Waals surface area contributed by atoms with Gasteiger partial charge in [0.1, 0.15) is 0 Å². The van der Waals surface area contributed by atoms with Crippen molar-refractivity contribution < 1.29 is 4.74 Å². The summed E-state index contributed by atoms with van der Waals surface area (Å²) in [6, 6.07) is 7.59. The first-order valence-electron chi connectivity index (χ1n) is 7.18. The predicted molar refractivity (Wildman–Crippen MR) is 89.8 cm³/mol. The highest BCUT2D eigenvalue weighted by Crippen LogP contribution is 2.21. The first kappa shape index (κ1) is 15.4. The molecule has 1 saturated heterocycles. The van der Waals surface area contributed by atoms with Gasteiger partial charge in [-0.05, 0) is 19.1 Å². The Morgan fingerprint density at radius 1 is 1.32 bits per heavy atom. The molecule has 0 saturated carbocycles. The van der Waals surface area contributed by atoms with Crippen LogP contribution in [0.2, 0.25) is 5.02 Å². The molecule has 22 heavy (non-hydrogen) atoms. The summed E-state index contributed by atoms with van der Waals surface area (Å²) in [7, 11) is 0. The van der Waals surface area contributed by atoms with Gasteiger partial charge in [0.05, 0.1) is 40.3 Å². The smallest absolute Gasteiger partial charge is 0.0928 e. The molecule has 5 nitrogen and oxygen atoms in total. The van der Waals surface area contributed by atoms with Gasteiger partial charge in [0, 0.05) is 19.5 Å². The van der Waals surface area contributed by atoms with Gasteiger partial charge in [0.2, 0.25) is 0 Å². The molecule has 3 rings (SSSR count). The van der Waals surface area contributed by atoms with Gasteiger partial charge in [0.15, 0.2) is 0 Å². The maximum Gasteiger partial charge on any atom is 0.0928 e. The van der Waals surface area contributed by atoms with Crippen LogP contribution in [0.1, 0.15) is 11.4 Å². The lowest BCUT2D eigenvalue weighted by Gasteiger charge is -2.28. The molecule has 116 valence electrons. The molecule has 7 heteroatoms. The van der Waals surface area contributed by atoms with E-state index in [0.717, 1.165) is 48.4 Å². The van der Waals surface area contributed by atoms with Crippen LogP contribution in [-0.4, -0.2) is 51.2 Å². The number of aromatic nitrogens is 3. The minimum absolute atomic E-state index is 0.617. The molecule has 0 atom stereocenters. The Hall–Kier alpha value is -1.50. The van der Waals surface area contributed by atoms with Crippen LogP contribution in [0.25, 0.3) is 5.69 Å². The zero-order valence-electron chi connectivity index (χ0n) is 12.3. The summed E-state index contributed by atoms with van der Waals surface area (Å²) >= 11 is 11.8. The standard InChI is InChI=1S/C15H17ClN4OS/c1-11-13(10-15(22)19-6-8-21-9-7-19)17-18-20(11)14-5-3-2-4-12(14)16/h2-5H,6-10H2,1H3. The van der Waals surface area contributed by atoms with Crippen molar-refractivity contribution in [1.29, 1.82) is 0 Å². The molecular weight excluding hydrogens is 320 g/mol. The molecule has 2 aromatic rings. The van der Waals surface area contributed by atoms with Crippen molar-refractivity contribution in [3.63, 3.8) is 0 Å². The number of para-hydroxylation sites is 1. The quantitative estimate of drug-likeness (QED) is 0.805. The molecule has 2 heterocycles. The highest BCUT2D eigenvalue weighted by atomic mass is 35.5. The van der Waals surface area contributed by atoms with E-state index in [1.165, 1.54) is 0 Å². The van der Waals surface area contributed by atoms with Crippen LogP contribution in [0.4, 0.5) is 0 Å². The molecule has 0 radical (unpaired) electrons. The Morgan fingerprint density at radius 2 is 2.05 bits per heavy atom. The highest BCUT2D eigenvalue weighted by Gasteiger charge is 2.18. The Bertz CT molecular complexity index is 682. The summed E-state index contributed by atoms with van der Waals surface area (Å²) in [4.78, 5) is 3.06. The van der Waals surface area contributed by atoms with Crippen LogP contribution in [0.5, 0.6) is 0 Å². The third kappa shape index (κ3) is 3.14. The molecule has 0 unspecified atom stereocenters. The van der Waals surface area contributed by atoms with Crippen LogP contribution in [-0.2, 0) is 11.2 Å². The molecule has 1 aromatic carbocycles. The third-order valence-corrected chi connectivity index (χ3v) is 4.48. The Morgan fingerprint density at radius 3 is 2.77 bits per heavy atom. The Kier molecular flexibility index (Phi) is 4.71. The van der Waals surface area contributed by atoms with E-state index in [9.17, 15) is 0 Å². The second kappa shape index (κ2) is 6.73. The molecule has 0 aliphatic carbocycles. The number of halogens is 1. The average molecular weight is 337 g/mol. The fourth-order valence-corrected chi connectivity index (χ4v) is 2.98. The van der Waals surface area contributed by atoms with Crippen LogP contribution >= 0.6 is 23.8 Å². The van der Waals surface area contributed by atoms with Gasteiger partial charge in [-0.3, -0.25) is 0 Å². The molecule has 0 spiro atoms. The van der Waals surface area contributed by atoms with E-state index in [2.05, 4.69) is 15.2 Å². The first-order valence-corrected chi connectivity index (χ1v) is 7.97. The number of benzene rings is 1. The van der Waals surface area contributed by atoms with Crippen molar-refractivity contribution in [2.24, 2.45) is 0 Å². The topological polar surface area (TPSA) is 43.2 Å². The fraction of sp³-hybridized carbons (Fsp3) is 0.400. The molecule has 0 amide bonds. The van der Waals surface area contributed by atoms with E-state index in [-0.39, 0.29) is 0 Å². The van der Waals surface area contributed by atoms with E-state index in [1.54, 1.807) is 4.68 Å². The fourth-order valence-electron chi connectivity index (χ4n) is 2.44. The summed E-state index contributed by atoms with van der Waals surface area (Å²) in [5.41, 5.74) is 2.68. The summed E-state index contributed by atoms with van der Waals surface area (Å²) in [5, 5.41) is 9.15. The van der Waals surface area contributed by atoms with E-state index in [0.29, 0.717) is 11.4 Å². The normalized spacial score (nSPS) is 15.1. The molecule has 0 bridgehead atoms. The van der Waals surface area contributed by atoms with E-state index < -0.39 is 0 Å². The number of rotatable bonds is 3. The highest BCUT2D eigenvalue weighted by molar-refractivity contribution is 7.80. The van der Waals surface area contributed by atoms with Gasteiger partial charge in [0.25, 0.3) is 0 Å². The molecular formula is C15H17ClN4OS. The number of ether oxygens (including phenoxy) is 1. The maximum absolute atomic E-state index is 6.23. The van der Waals surface area contributed by atoms with E-state index >= 15 is 0 Å². The largest absolute Gasteiger partial charge is 0.378 e. The van der Waals surface area contributed by atoms with E-state index in [1.807, 2.05) is 31.2 Å². The average Bonchev–Trinajstić information content (AvgIpc) is 2.90. The zero-order valence-corrected chi connectivity index (χ0v) is 13.9. The molecule has 1 aliphatic heterocycles. The van der Waals surface area contributed by atoms with Gasteiger partial charge < -0.3 is 9.64 Å². The van der Waals surface area contributed by atoms with Gasteiger partial charge in [-0.25, -0.2) is 4.68 Å². The third-order valence-electron chi connectivity index (χ3n) is 3.75. The minimum Gasteiger partial charge on any atom is -0.378 e. The summed E-state index contributed by atoms with van der Waals surface area (Å²) in [6.07, 6.45) is 0.617. The maximum atomic E-state index is 6.23. The van der Waals surface area contributed by atoms with Crippen molar-refractivity contribution in [3.05, 3.63) is 40.7 Å². The Labute approximate surface area is 139 Å².